The lowest BCUT2D eigenvalue weighted by atomic mass is 10.0. The largest absolute Gasteiger partial charge is 0.493 e. The van der Waals surface area contributed by atoms with Crippen LogP contribution in [0.25, 0.3) is 0 Å². The minimum absolute atomic E-state index is 0.0110. The van der Waals surface area contributed by atoms with Crippen molar-refractivity contribution >= 4 is 34.0 Å². The van der Waals surface area contributed by atoms with Gasteiger partial charge in [-0.05, 0) is 57.0 Å². The maximum Gasteiger partial charge on any atom is 0.338 e. The molecule has 0 bridgehead atoms. The Morgan fingerprint density at radius 3 is 2.36 bits per heavy atom. The number of aryl methyl sites for hydroxylation is 3. The summed E-state index contributed by atoms with van der Waals surface area (Å²) in [6.45, 7) is 9.79. The molecule has 3 rings (SSSR count). The number of esters is 1. The van der Waals surface area contributed by atoms with Crippen LogP contribution in [0.3, 0.4) is 0 Å². The van der Waals surface area contributed by atoms with Gasteiger partial charge in [0, 0.05) is 12.3 Å². The minimum Gasteiger partial charge on any atom is -0.493 e. The number of thiazole rings is 1. The zero-order valence-corrected chi connectivity index (χ0v) is 20.5. The van der Waals surface area contributed by atoms with E-state index in [0.29, 0.717) is 34.5 Å². The van der Waals surface area contributed by atoms with Crippen molar-refractivity contribution in [3.05, 3.63) is 63.7 Å². The monoisotopic (exact) mass is 468 g/mol. The van der Waals surface area contributed by atoms with Gasteiger partial charge < -0.3 is 14.2 Å². The summed E-state index contributed by atoms with van der Waals surface area (Å²) in [4.78, 5) is 31.2. The number of amides is 1. The van der Waals surface area contributed by atoms with Crippen LogP contribution in [0.4, 0.5) is 10.8 Å². The number of nitrogens with zero attached hydrogens (tertiary/aromatic N) is 2. The summed E-state index contributed by atoms with van der Waals surface area (Å²) in [6, 6.07) is 8.97. The zero-order chi connectivity index (χ0) is 24.1. The molecule has 33 heavy (non-hydrogen) atoms. The fraction of sp³-hybridized carbons (Fsp3) is 0.320. The smallest absolute Gasteiger partial charge is 0.338 e. The van der Waals surface area contributed by atoms with E-state index in [1.165, 1.54) is 18.3 Å². The Kier molecular flexibility index (Phi) is 7.71. The van der Waals surface area contributed by atoms with Crippen molar-refractivity contribution in [2.75, 3.05) is 18.6 Å². The first-order valence-electron chi connectivity index (χ1n) is 10.6. The molecule has 0 aliphatic carbocycles. The molecule has 0 atom stereocenters. The molecule has 1 heterocycles. The summed E-state index contributed by atoms with van der Waals surface area (Å²) in [7, 11) is 1.54. The standard InChI is InChI=1S/C25H28N2O5S/c1-7-31-22-12-19(8-9-21(22)30-6)24(29)32-13-20-14-33-25(26-20)27(18(5)28)23-16(3)10-15(2)11-17(23)4/h8-12,14H,7,13H2,1-6H3. The van der Waals surface area contributed by atoms with Crippen molar-refractivity contribution in [2.45, 2.75) is 41.2 Å². The Morgan fingerprint density at radius 1 is 1.06 bits per heavy atom. The molecular formula is C25H28N2O5S. The van der Waals surface area contributed by atoms with Gasteiger partial charge in [-0.1, -0.05) is 17.7 Å². The van der Waals surface area contributed by atoms with E-state index < -0.39 is 5.97 Å². The Labute approximate surface area is 197 Å². The van der Waals surface area contributed by atoms with Crippen molar-refractivity contribution in [2.24, 2.45) is 0 Å². The minimum atomic E-state index is -0.498. The number of methoxy groups -OCH3 is 1. The number of hydrogen-bond acceptors (Lipinski definition) is 7. The average molecular weight is 469 g/mol. The van der Waals surface area contributed by atoms with Crippen molar-refractivity contribution in [1.29, 1.82) is 0 Å². The topological polar surface area (TPSA) is 78.0 Å². The van der Waals surface area contributed by atoms with Crippen molar-refractivity contribution in [3.63, 3.8) is 0 Å². The number of rotatable bonds is 8. The maximum atomic E-state index is 12.6. The van der Waals surface area contributed by atoms with Crippen LogP contribution in [0, 0.1) is 20.8 Å². The Bertz CT molecular complexity index is 1150. The highest BCUT2D eigenvalue weighted by Crippen LogP contribution is 2.35. The first kappa shape index (κ1) is 24.3. The van der Waals surface area contributed by atoms with Crippen LogP contribution in [0.2, 0.25) is 0 Å². The molecule has 0 radical (unpaired) electrons. The van der Waals surface area contributed by atoms with Gasteiger partial charge in [-0.2, -0.15) is 0 Å². The third-order valence-corrected chi connectivity index (χ3v) is 5.83. The summed E-state index contributed by atoms with van der Waals surface area (Å²) >= 11 is 1.33. The summed E-state index contributed by atoms with van der Waals surface area (Å²) in [5, 5.41) is 2.32. The second-order valence-corrected chi connectivity index (χ2v) is 8.43. The summed E-state index contributed by atoms with van der Waals surface area (Å²) < 4.78 is 16.2. The molecule has 0 aliphatic rings. The second-order valence-electron chi connectivity index (χ2n) is 7.60. The molecule has 0 saturated carbocycles. The van der Waals surface area contributed by atoms with Crippen LogP contribution in [-0.2, 0) is 16.1 Å². The van der Waals surface area contributed by atoms with E-state index in [0.717, 1.165) is 22.4 Å². The van der Waals surface area contributed by atoms with Gasteiger partial charge in [0.2, 0.25) is 5.91 Å². The number of anilines is 2. The SMILES string of the molecule is CCOc1cc(C(=O)OCc2csc(N(C(C)=O)c3c(C)cc(C)cc3C)n2)ccc1OC. The van der Waals surface area contributed by atoms with E-state index in [1.54, 1.807) is 35.6 Å². The normalized spacial score (nSPS) is 10.6. The van der Waals surface area contributed by atoms with Crippen LogP contribution in [0.15, 0.2) is 35.7 Å². The van der Waals surface area contributed by atoms with Gasteiger partial charge in [-0.25, -0.2) is 9.78 Å². The fourth-order valence-corrected chi connectivity index (χ4v) is 4.53. The van der Waals surface area contributed by atoms with Gasteiger partial charge in [0.1, 0.15) is 6.61 Å². The van der Waals surface area contributed by atoms with Gasteiger partial charge >= 0.3 is 5.97 Å². The molecule has 1 amide bonds. The third-order valence-electron chi connectivity index (χ3n) is 4.96. The summed E-state index contributed by atoms with van der Waals surface area (Å²) in [5.74, 6) is 0.390. The van der Waals surface area contributed by atoms with E-state index in [1.807, 2.05) is 39.8 Å². The van der Waals surface area contributed by atoms with Gasteiger partial charge in [-0.3, -0.25) is 9.69 Å². The Hall–Kier alpha value is -3.39. The molecule has 0 aliphatic heterocycles. The summed E-state index contributed by atoms with van der Waals surface area (Å²) in [6.07, 6.45) is 0. The first-order chi connectivity index (χ1) is 15.7. The van der Waals surface area contributed by atoms with Crippen LogP contribution in [0.5, 0.6) is 11.5 Å². The Morgan fingerprint density at radius 2 is 1.76 bits per heavy atom. The van der Waals surface area contributed by atoms with E-state index >= 15 is 0 Å². The van der Waals surface area contributed by atoms with E-state index in [-0.39, 0.29) is 12.5 Å². The van der Waals surface area contributed by atoms with Gasteiger partial charge in [0.25, 0.3) is 0 Å². The molecule has 1 aromatic heterocycles. The number of ether oxygens (including phenoxy) is 3. The van der Waals surface area contributed by atoms with Crippen LogP contribution < -0.4 is 14.4 Å². The molecule has 0 spiro atoms. The highest BCUT2D eigenvalue weighted by atomic mass is 32.1. The van der Waals surface area contributed by atoms with Gasteiger partial charge in [-0.15, -0.1) is 11.3 Å². The van der Waals surface area contributed by atoms with Gasteiger partial charge in [0.15, 0.2) is 16.6 Å². The third kappa shape index (κ3) is 5.51. The lowest BCUT2D eigenvalue weighted by molar-refractivity contribution is -0.115. The molecular weight excluding hydrogens is 440 g/mol. The highest BCUT2D eigenvalue weighted by molar-refractivity contribution is 7.14. The molecule has 0 saturated heterocycles. The number of benzene rings is 2. The van der Waals surface area contributed by atoms with Gasteiger partial charge in [0.05, 0.1) is 30.7 Å². The predicted molar refractivity (Wildman–Crippen MR) is 129 cm³/mol. The molecule has 174 valence electrons. The van der Waals surface area contributed by atoms with E-state index in [4.69, 9.17) is 14.2 Å². The van der Waals surface area contributed by atoms with Crippen LogP contribution >= 0.6 is 11.3 Å². The lowest BCUT2D eigenvalue weighted by Crippen LogP contribution is -2.24. The number of hydrogen-bond donors (Lipinski definition) is 0. The second kappa shape index (κ2) is 10.5. The molecule has 2 aromatic carbocycles. The molecule has 0 fully saturated rings. The van der Waals surface area contributed by atoms with Crippen molar-refractivity contribution in [1.82, 2.24) is 4.98 Å². The Balaban J connectivity index is 1.77. The molecule has 8 heteroatoms. The fourth-order valence-electron chi connectivity index (χ4n) is 3.67. The number of carbonyl (C=O) groups excluding carboxylic acids is 2. The molecule has 3 aromatic rings. The van der Waals surface area contributed by atoms with E-state index in [2.05, 4.69) is 4.98 Å². The quantitative estimate of drug-likeness (QED) is 0.405. The zero-order valence-electron chi connectivity index (χ0n) is 19.7. The average Bonchev–Trinajstić information content (AvgIpc) is 3.22. The number of aromatic nitrogens is 1. The van der Waals surface area contributed by atoms with Crippen molar-refractivity contribution in [3.8, 4) is 11.5 Å². The molecule has 0 unspecified atom stereocenters. The van der Waals surface area contributed by atoms with Crippen LogP contribution in [-0.4, -0.2) is 30.6 Å². The predicted octanol–water partition coefficient (Wildman–Crippen LogP) is 5.52. The van der Waals surface area contributed by atoms with Crippen LogP contribution in [0.1, 0.15) is 46.6 Å². The van der Waals surface area contributed by atoms with E-state index in [9.17, 15) is 9.59 Å². The molecule has 0 N–H and O–H groups in total. The molecule has 7 nitrogen and oxygen atoms in total. The lowest BCUT2D eigenvalue weighted by Gasteiger charge is -2.23. The van der Waals surface area contributed by atoms with Crippen molar-refractivity contribution < 1.29 is 23.8 Å². The summed E-state index contributed by atoms with van der Waals surface area (Å²) in [5.41, 5.74) is 4.87. The number of carbonyl (C=O) groups is 2. The first-order valence-corrected chi connectivity index (χ1v) is 11.4. The highest BCUT2D eigenvalue weighted by Gasteiger charge is 2.22. The maximum absolute atomic E-state index is 12.6.